The normalized spacial score (nSPS) is 16.8. The van der Waals surface area contributed by atoms with Crippen LogP contribution in [0.5, 0.6) is 0 Å². The summed E-state index contributed by atoms with van der Waals surface area (Å²) >= 11 is 5.96. The lowest BCUT2D eigenvalue weighted by Gasteiger charge is -2.08. The first-order chi connectivity index (χ1) is 8.66. The predicted molar refractivity (Wildman–Crippen MR) is 72.2 cm³/mol. The summed E-state index contributed by atoms with van der Waals surface area (Å²) in [6.45, 7) is 0.316. The van der Waals surface area contributed by atoms with Crippen molar-refractivity contribution >= 4 is 23.6 Å². The average Bonchev–Trinajstić information content (AvgIpc) is 3.19. The van der Waals surface area contributed by atoms with Crippen LogP contribution in [0.2, 0.25) is 5.02 Å². The van der Waals surface area contributed by atoms with Gasteiger partial charge in [0, 0.05) is 17.6 Å². The minimum absolute atomic E-state index is 0.213. The molecular formula is C14H16ClNO2. The summed E-state index contributed by atoms with van der Waals surface area (Å²) in [4.78, 5) is 11.5. The van der Waals surface area contributed by atoms with Crippen LogP contribution in [0.3, 0.4) is 0 Å². The Balaban J connectivity index is 1.81. The van der Waals surface area contributed by atoms with Crippen LogP contribution in [-0.4, -0.2) is 23.7 Å². The van der Waals surface area contributed by atoms with Gasteiger partial charge >= 0.3 is 0 Å². The minimum atomic E-state index is -0.414. The van der Waals surface area contributed by atoms with Gasteiger partial charge < -0.3 is 10.4 Å². The standard InChI is InChI=1S/C14H16ClNO2/c15-12-4-2-1-3-10(12)7-8-14(18)16-9-13(17)11-5-6-11/h1-4,7-8,11,13,17H,5-6,9H2,(H,16,18)/b8-7+. The third-order valence-electron chi connectivity index (χ3n) is 2.97. The number of halogens is 1. The van der Waals surface area contributed by atoms with Gasteiger partial charge in [-0.3, -0.25) is 4.79 Å². The van der Waals surface area contributed by atoms with Gasteiger partial charge in [-0.05, 0) is 36.5 Å². The number of aliphatic hydroxyl groups is 1. The van der Waals surface area contributed by atoms with Gasteiger partial charge in [-0.25, -0.2) is 0 Å². The fourth-order valence-electron chi connectivity index (χ4n) is 1.69. The Labute approximate surface area is 111 Å². The molecule has 0 bridgehead atoms. The van der Waals surface area contributed by atoms with E-state index in [1.54, 1.807) is 12.1 Å². The molecule has 2 N–H and O–H groups in total. The summed E-state index contributed by atoms with van der Waals surface area (Å²) in [5.41, 5.74) is 0.803. The van der Waals surface area contributed by atoms with Crippen LogP contribution in [-0.2, 0) is 4.79 Å². The van der Waals surface area contributed by atoms with Crippen molar-refractivity contribution in [3.8, 4) is 0 Å². The highest BCUT2D eigenvalue weighted by molar-refractivity contribution is 6.32. The Kier molecular flexibility index (Phi) is 4.39. The van der Waals surface area contributed by atoms with E-state index < -0.39 is 6.10 Å². The van der Waals surface area contributed by atoms with Gasteiger partial charge in [0.25, 0.3) is 0 Å². The molecule has 4 heteroatoms. The van der Waals surface area contributed by atoms with Crippen LogP contribution in [0.1, 0.15) is 18.4 Å². The molecule has 2 rings (SSSR count). The molecule has 1 unspecified atom stereocenters. The molecule has 1 atom stereocenters. The van der Waals surface area contributed by atoms with Crippen LogP contribution < -0.4 is 5.32 Å². The molecule has 0 aromatic heterocycles. The molecule has 0 radical (unpaired) electrons. The van der Waals surface area contributed by atoms with Gasteiger partial charge in [0.1, 0.15) is 0 Å². The molecule has 1 aromatic rings. The highest BCUT2D eigenvalue weighted by atomic mass is 35.5. The Bertz CT molecular complexity index is 455. The largest absolute Gasteiger partial charge is 0.391 e. The molecule has 1 saturated carbocycles. The highest BCUT2D eigenvalue weighted by Gasteiger charge is 2.29. The Morgan fingerprint density at radius 2 is 2.22 bits per heavy atom. The van der Waals surface area contributed by atoms with E-state index in [0.717, 1.165) is 18.4 Å². The number of carbonyl (C=O) groups is 1. The van der Waals surface area contributed by atoms with E-state index in [2.05, 4.69) is 5.32 Å². The van der Waals surface area contributed by atoms with Gasteiger partial charge in [0.05, 0.1) is 6.10 Å². The lowest BCUT2D eigenvalue weighted by atomic mass is 10.2. The number of amides is 1. The number of nitrogens with one attached hydrogen (secondary N) is 1. The second kappa shape index (κ2) is 6.03. The summed E-state index contributed by atoms with van der Waals surface area (Å²) in [5, 5.41) is 12.9. The van der Waals surface area contributed by atoms with Gasteiger partial charge in [0.2, 0.25) is 5.91 Å². The first-order valence-electron chi connectivity index (χ1n) is 6.05. The van der Waals surface area contributed by atoms with Crippen molar-refractivity contribution < 1.29 is 9.90 Å². The second-order valence-corrected chi connectivity index (χ2v) is 4.91. The Hall–Kier alpha value is -1.32. The van der Waals surface area contributed by atoms with Gasteiger partial charge in [-0.1, -0.05) is 29.8 Å². The second-order valence-electron chi connectivity index (χ2n) is 4.50. The van der Waals surface area contributed by atoms with Crippen molar-refractivity contribution in [2.75, 3.05) is 6.54 Å². The maximum absolute atomic E-state index is 11.5. The molecule has 3 nitrogen and oxygen atoms in total. The molecule has 18 heavy (non-hydrogen) atoms. The quantitative estimate of drug-likeness (QED) is 0.802. The number of hydrogen-bond acceptors (Lipinski definition) is 2. The van der Waals surface area contributed by atoms with E-state index in [1.807, 2.05) is 18.2 Å². The van der Waals surface area contributed by atoms with Gasteiger partial charge in [-0.2, -0.15) is 0 Å². The average molecular weight is 266 g/mol. The molecule has 1 aliphatic rings. The van der Waals surface area contributed by atoms with E-state index >= 15 is 0 Å². The lowest BCUT2D eigenvalue weighted by molar-refractivity contribution is -0.116. The summed E-state index contributed by atoms with van der Waals surface area (Å²) in [5.74, 6) is 0.160. The van der Waals surface area contributed by atoms with Crippen LogP contribution >= 0.6 is 11.6 Å². The summed E-state index contributed by atoms with van der Waals surface area (Å²) in [6, 6.07) is 7.31. The summed E-state index contributed by atoms with van der Waals surface area (Å²) in [7, 11) is 0. The van der Waals surface area contributed by atoms with E-state index in [4.69, 9.17) is 11.6 Å². The topological polar surface area (TPSA) is 49.3 Å². The first kappa shape index (κ1) is 13.1. The monoisotopic (exact) mass is 265 g/mol. The predicted octanol–water partition coefficient (Wildman–Crippen LogP) is 2.24. The molecule has 1 aromatic carbocycles. The number of carbonyl (C=O) groups excluding carboxylic acids is 1. The van der Waals surface area contributed by atoms with E-state index in [0.29, 0.717) is 17.5 Å². The zero-order chi connectivity index (χ0) is 13.0. The molecule has 96 valence electrons. The van der Waals surface area contributed by atoms with Crippen LogP contribution in [0.15, 0.2) is 30.3 Å². The van der Waals surface area contributed by atoms with Crippen molar-refractivity contribution in [2.24, 2.45) is 5.92 Å². The molecule has 0 saturated heterocycles. The van der Waals surface area contributed by atoms with E-state index in [-0.39, 0.29) is 5.91 Å². The molecule has 1 amide bonds. The smallest absolute Gasteiger partial charge is 0.244 e. The SMILES string of the molecule is O=C(/C=C/c1ccccc1Cl)NCC(O)C1CC1. The van der Waals surface area contributed by atoms with Crippen molar-refractivity contribution in [3.63, 3.8) is 0 Å². The zero-order valence-electron chi connectivity index (χ0n) is 9.97. The Morgan fingerprint density at radius 1 is 1.50 bits per heavy atom. The third kappa shape index (κ3) is 3.86. The van der Waals surface area contributed by atoms with E-state index in [9.17, 15) is 9.90 Å². The number of hydrogen-bond donors (Lipinski definition) is 2. The number of aliphatic hydroxyl groups excluding tert-OH is 1. The van der Waals surface area contributed by atoms with Crippen LogP contribution in [0.4, 0.5) is 0 Å². The van der Waals surface area contributed by atoms with Crippen molar-refractivity contribution in [3.05, 3.63) is 40.9 Å². The summed E-state index contributed by atoms with van der Waals surface area (Å²) in [6.07, 6.45) is 4.81. The molecule has 0 aliphatic heterocycles. The zero-order valence-corrected chi connectivity index (χ0v) is 10.7. The molecule has 0 spiro atoms. The maximum Gasteiger partial charge on any atom is 0.244 e. The fourth-order valence-corrected chi connectivity index (χ4v) is 1.89. The van der Waals surface area contributed by atoms with Crippen molar-refractivity contribution in [2.45, 2.75) is 18.9 Å². The lowest BCUT2D eigenvalue weighted by Crippen LogP contribution is -2.31. The molecular weight excluding hydrogens is 250 g/mol. The van der Waals surface area contributed by atoms with Gasteiger partial charge in [0.15, 0.2) is 0 Å². The summed E-state index contributed by atoms with van der Waals surface area (Å²) < 4.78 is 0. The third-order valence-corrected chi connectivity index (χ3v) is 3.32. The fraction of sp³-hybridized carbons (Fsp3) is 0.357. The molecule has 1 aliphatic carbocycles. The Morgan fingerprint density at radius 3 is 2.89 bits per heavy atom. The van der Waals surface area contributed by atoms with Crippen molar-refractivity contribution in [1.82, 2.24) is 5.32 Å². The van der Waals surface area contributed by atoms with E-state index in [1.165, 1.54) is 6.08 Å². The van der Waals surface area contributed by atoms with Gasteiger partial charge in [-0.15, -0.1) is 0 Å². The number of rotatable bonds is 5. The van der Waals surface area contributed by atoms with Crippen molar-refractivity contribution in [1.29, 1.82) is 0 Å². The maximum atomic E-state index is 11.5. The molecule has 1 fully saturated rings. The minimum Gasteiger partial charge on any atom is -0.391 e. The first-order valence-corrected chi connectivity index (χ1v) is 6.43. The number of benzene rings is 1. The highest BCUT2D eigenvalue weighted by Crippen LogP contribution is 2.32. The van der Waals surface area contributed by atoms with Crippen LogP contribution in [0.25, 0.3) is 6.08 Å². The van der Waals surface area contributed by atoms with Crippen LogP contribution in [0, 0.1) is 5.92 Å². The molecule has 0 heterocycles.